The van der Waals surface area contributed by atoms with Gasteiger partial charge < -0.3 is 19.6 Å². The van der Waals surface area contributed by atoms with Gasteiger partial charge in [0, 0.05) is 17.1 Å². The number of aromatic amines is 1. The van der Waals surface area contributed by atoms with Gasteiger partial charge in [-0.05, 0) is 49.4 Å². The van der Waals surface area contributed by atoms with Gasteiger partial charge in [0.05, 0.1) is 25.0 Å². The lowest BCUT2D eigenvalue weighted by Crippen LogP contribution is -1.89. The van der Waals surface area contributed by atoms with Crippen LogP contribution in [0.25, 0.3) is 10.9 Å². The monoisotopic (exact) mass is 310 g/mol. The second kappa shape index (κ2) is 6.44. The molecule has 0 spiro atoms. The molecule has 0 saturated carbocycles. The molecule has 0 bridgehead atoms. The highest BCUT2D eigenvalue weighted by Gasteiger charge is 2.09. The number of ether oxygens (including phenoxy) is 2. The molecule has 0 aliphatic heterocycles. The summed E-state index contributed by atoms with van der Waals surface area (Å²) >= 11 is 0. The van der Waals surface area contributed by atoms with Gasteiger partial charge in [-0.2, -0.15) is 0 Å². The maximum atomic E-state index is 10.1. The van der Waals surface area contributed by atoms with Crippen molar-refractivity contribution in [1.82, 2.24) is 4.98 Å². The van der Waals surface area contributed by atoms with Crippen LogP contribution in [0.4, 0.5) is 5.69 Å². The molecule has 3 aromatic rings. The van der Waals surface area contributed by atoms with E-state index in [2.05, 4.69) is 9.98 Å². The van der Waals surface area contributed by atoms with Crippen LogP contribution in [0.2, 0.25) is 0 Å². The zero-order chi connectivity index (χ0) is 16.2. The van der Waals surface area contributed by atoms with Crippen molar-refractivity contribution in [3.63, 3.8) is 0 Å². The fourth-order valence-electron chi connectivity index (χ4n) is 2.37. The third-order valence-electron chi connectivity index (χ3n) is 3.52. The summed E-state index contributed by atoms with van der Waals surface area (Å²) in [6, 6.07) is 13.0. The van der Waals surface area contributed by atoms with E-state index in [1.165, 1.54) is 0 Å². The second-order valence-corrected chi connectivity index (χ2v) is 4.98. The Kier molecular flexibility index (Phi) is 4.19. The lowest BCUT2D eigenvalue weighted by Gasteiger charge is -2.02. The Morgan fingerprint density at radius 1 is 1.13 bits per heavy atom. The van der Waals surface area contributed by atoms with Crippen LogP contribution in [0.3, 0.4) is 0 Å². The minimum Gasteiger partial charge on any atom is -0.497 e. The molecule has 0 radical (unpaired) electrons. The topological polar surface area (TPSA) is 66.8 Å². The van der Waals surface area contributed by atoms with E-state index in [9.17, 15) is 5.11 Å². The van der Waals surface area contributed by atoms with Gasteiger partial charge in [-0.15, -0.1) is 0 Å². The number of benzene rings is 2. The molecule has 0 fully saturated rings. The maximum Gasteiger partial charge on any atom is 0.198 e. The van der Waals surface area contributed by atoms with Crippen LogP contribution in [0.1, 0.15) is 12.5 Å². The van der Waals surface area contributed by atoms with E-state index in [0.29, 0.717) is 12.2 Å². The van der Waals surface area contributed by atoms with Gasteiger partial charge >= 0.3 is 0 Å². The van der Waals surface area contributed by atoms with Crippen LogP contribution < -0.4 is 9.47 Å². The molecule has 0 aliphatic rings. The molecule has 5 nitrogen and oxygen atoms in total. The molecule has 0 aliphatic carbocycles. The van der Waals surface area contributed by atoms with Crippen molar-refractivity contribution in [3.8, 4) is 17.4 Å². The summed E-state index contributed by atoms with van der Waals surface area (Å²) in [5.41, 5.74) is 2.24. The Morgan fingerprint density at radius 2 is 1.87 bits per heavy atom. The maximum absolute atomic E-state index is 10.1. The van der Waals surface area contributed by atoms with E-state index in [4.69, 9.17) is 9.47 Å². The highest BCUT2D eigenvalue weighted by Crippen LogP contribution is 2.29. The molecule has 0 atom stereocenters. The number of nitrogens with zero attached hydrogens (tertiary/aromatic N) is 1. The molecule has 1 aromatic heterocycles. The fraction of sp³-hybridized carbons (Fsp3) is 0.167. The first kappa shape index (κ1) is 15.0. The Balaban J connectivity index is 1.92. The van der Waals surface area contributed by atoms with Gasteiger partial charge in [-0.3, -0.25) is 4.99 Å². The molecule has 118 valence electrons. The number of aliphatic imine (C=N–C) groups is 1. The molecular weight excluding hydrogens is 292 g/mol. The van der Waals surface area contributed by atoms with E-state index in [0.717, 1.165) is 28.1 Å². The van der Waals surface area contributed by atoms with Crippen LogP contribution >= 0.6 is 0 Å². The van der Waals surface area contributed by atoms with Crippen molar-refractivity contribution < 1.29 is 14.6 Å². The molecule has 2 aromatic carbocycles. The summed E-state index contributed by atoms with van der Waals surface area (Å²) in [7, 11) is 1.61. The van der Waals surface area contributed by atoms with Crippen LogP contribution in [0, 0.1) is 0 Å². The first-order valence-corrected chi connectivity index (χ1v) is 7.37. The van der Waals surface area contributed by atoms with Crippen LogP contribution in [-0.2, 0) is 0 Å². The average Bonchev–Trinajstić information content (AvgIpc) is 2.89. The van der Waals surface area contributed by atoms with Crippen molar-refractivity contribution in [2.75, 3.05) is 13.7 Å². The molecule has 3 rings (SSSR count). The predicted molar refractivity (Wildman–Crippen MR) is 91.4 cm³/mol. The lowest BCUT2D eigenvalue weighted by atomic mass is 10.1. The molecule has 5 heteroatoms. The van der Waals surface area contributed by atoms with Crippen LogP contribution in [-0.4, -0.2) is 30.0 Å². The third-order valence-corrected chi connectivity index (χ3v) is 3.52. The molecule has 2 N–H and O–H groups in total. The molecule has 0 unspecified atom stereocenters. The quantitative estimate of drug-likeness (QED) is 0.699. The molecular formula is C18H18N2O3. The largest absolute Gasteiger partial charge is 0.497 e. The zero-order valence-electron chi connectivity index (χ0n) is 13.0. The van der Waals surface area contributed by atoms with E-state index in [1.807, 2.05) is 49.4 Å². The molecule has 0 amide bonds. The van der Waals surface area contributed by atoms with Gasteiger partial charge in [0.1, 0.15) is 11.5 Å². The summed E-state index contributed by atoms with van der Waals surface area (Å²) in [6.45, 7) is 2.58. The minimum absolute atomic E-state index is 0.0861. The first-order chi connectivity index (χ1) is 11.2. The number of aromatic nitrogens is 1. The summed E-state index contributed by atoms with van der Waals surface area (Å²) in [6.07, 6.45) is 1.64. The minimum atomic E-state index is 0.0861. The Labute approximate surface area is 134 Å². The number of fused-ring (bicyclic) bond motifs is 1. The van der Waals surface area contributed by atoms with Gasteiger partial charge in [0.15, 0.2) is 5.88 Å². The van der Waals surface area contributed by atoms with Crippen LogP contribution in [0.15, 0.2) is 47.5 Å². The van der Waals surface area contributed by atoms with Gasteiger partial charge in [0.25, 0.3) is 0 Å². The van der Waals surface area contributed by atoms with E-state index in [1.54, 1.807) is 13.3 Å². The number of hydrogen-bond donors (Lipinski definition) is 2. The molecule has 1 heterocycles. The number of nitrogens with one attached hydrogen (secondary N) is 1. The van der Waals surface area contributed by atoms with Gasteiger partial charge in [-0.25, -0.2) is 0 Å². The number of H-pyrrole nitrogens is 1. The lowest BCUT2D eigenvalue weighted by molar-refractivity contribution is 0.340. The van der Waals surface area contributed by atoms with E-state index >= 15 is 0 Å². The van der Waals surface area contributed by atoms with E-state index in [-0.39, 0.29) is 5.88 Å². The summed E-state index contributed by atoms with van der Waals surface area (Å²) in [4.78, 5) is 7.34. The fourth-order valence-corrected chi connectivity index (χ4v) is 2.37. The van der Waals surface area contributed by atoms with Crippen molar-refractivity contribution >= 4 is 22.8 Å². The number of rotatable bonds is 5. The van der Waals surface area contributed by atoms with Crippen molar-refractivity contribution in [2.24, 2.45) is 4.99 Å². The SMILES string of the molecule is CCOc1ccc(N=Cc2c(O)[nH]c3ccc(OC)cc23)cc1. The molecule has 23 heavy (non-hydrogen) atoms. The summed E-state index contributed by atoms with van der Waals surface area (Å²) < 4.78 is 10.6. The predicted octanol–water partition coefficient (Wildman–Crippen LogP) is 4.03. The Bertz CT molecular complexity index is 835. The summed E-state index contributed by atoms with van der Waals surface area (Å²) in [5.74, 6) is 1.63. The summed E-state index contributed by atoms with van der Waals surface area (Å²) in [5, 5.41) is 10.9. The number of aromatic hydroxyl groups is 1. The normalized spacial score (nSPS) is 11.2. The Hall–Kier alpha value is -2.95. The van der Waals surface area contributed by atoms with Crippen molar-refractivity contribution in [1.29, 1.82) is 0 Å². The highest BCUT2D eigenvalue weighted by atomic mass is 16.5. The van der Waals surface area contributed by atoms with Gasteiger partial charge in [-0.1, -0.05) is 0 Å². The highest BCUT2D eigenvalue weighted by molar-refractivity contribution is 6.03. The zero-order valence-corrected chi connectivity index (χ0v) is 13.0. The van der Waals surface area contributed by atoms with Crippen LogP contribution in [0.5, 0.6) is 17.4 Å². The third kappa shape index (κ3) is 3.13. The molecule has 0 saturated heterocycles. The van der Waals surface area contributed by atoms with Crippen molar-refractivity contribution in [3.05, 3.63) is 48.0 Å². The average molecular weight is 310 g/mol. The number of hydrogen-bond acceptors (Lipinski definition) is 4. The van der Waals surface area contributed by atoms with Crippen molar-refractivity contribution in [2.45, 2.75) is 6.92 Å². The Morgan fingerprint density at radius 3 is 2.57 bits per heavy atom. The van der Waals surface area contributed by atoms with Gasteiger partial charge in [0.2, 0.25) is 0 Å². The number of methoxy groups -OCH3 is 1. The first-order valence-electron chi connectivity index (χ1n) is 7.37. The van der Waals surface area contributed by atoms with E-state index < -0.39 is 0 Å². The standard InChI is InChI=1S/C18H18N2O3/c1-3-23-13-6-4-12(5-7-13)19-11-16-15-10-14(22-2)8-9-17(15)20-18(16)21/h4-11,20-21H,3H2,1-2H3. The smallest absolute Gasteiger partial charge is 0.198 e. The second-order valence-electron chi connectivity index (χ2n) is 4.98.